The van der Waals surface area contributed by atoms with Crippen LogP contribution in [0.4, 0.5) is 5.69 Å². The number of rotatable bonds is 7. The van der Waals surface area contributed by atoms with E-state index in [0.29, 0.717) is 34.8 Å². The van der Waals surface area contributed by atoms with E-state index in [1.165, 1.54) is 0 Å². The Labute approximate surface area is 185 Å². The number of nitrogens with zero attached hydrogens (tertiary/aromatic N) is 4. The van der Waals surface area contributed by atoms with Gasteiger partial charge in [-0.15, -0.1) is 0 Å². The van der Waals surface area contributed by atoms with Gasteiger partial charge in [0.1, 0.15) is 17.0 Å². The van der Waals surface area contributed by atoms with Crippen LogP contribution in [-0.4, -0.2) is 32.3 Å². The predicted octanol–water partition coefficient (Wildman–Crippen LogP) is 3.49. The third-order valence-electron chi connectivity index (χ3n) is 5.26. The first-order valence-electron chi connectivity index (χ1n) is 10.5. The van der Waals surface area contributed by atoms with Crippen LogP contribution < -0.4 is 15.6 Å². The second-order valence-electron chi connectivity index (χ2n) is 7.39. The summed E-state index contributed by atoms with van der Waals surface area (Å²) in [5.74, 6) is 0.464. The molecule has 8 nitrogen and oxygen atoms in total. The summed E-state index contributed by atoms with van der Waals surface area (Å²) < 4.78 is 8.60. The lowest BCUT2D eigenvalue weighted by Crippen LogP contribution is -2.27. The van der Waals surface area contributed by atoms with Crippen LogP contribution in [0.25, 0.3) is 16.9 Å². The molecular formula is C24H25N5O3. The molecule has 1 amide bonds. The van der Waals surface area contributed by atoms with E-state index in [2.05, 4.69) is 15.4 Å². The van der Waals surface area contributed by atoms with E-state index in [9.17, 15) is 9.59 Å². The Hall–Kier alpha value is -3.94. The first-order chi connectivity index (χ1) is 15.5. The summed E-state index contributed by atoms with van der Waals surface area (Å²) in [5, 5.41) is 7.46. The van der Waals surface area contributed by atoms with E-state index in [-0.39, 0.29) is 24.3 Å². The topological polar surface area (TPSA) is 91.0 Å². The molecule has 4 rings (SSSR count). The number of hydrogen-bond acceptors (Lipinski definition) is 5. The van der Waals surface area contributed by atoms with Gasteiger partial charge in [-0.25, -0.2) is 9.67 Å². The smallest absolute Gasteiger partial charge is 0.273 e. The Morgan fingerprint density at radius 3 is 2.62 bits per heavy atom. The Kier molecular flexibility index (Phi) is 6.02. The van der Waals surface area contributed by atoms with E-state index in [1.54, 1.807) is 40.6 Å². The highest BCUT2D eigenvalue weighted by Crippen LogP contribution is 2.20. The van der Waals surface area contributed by atoms with Gasteiger partial charge in [0.15, 0.2) is 5.65 Å². The molecule has 0 unspecified atom stereocenters. The van der Waals surface area contributed by atoms with Crippen molar-refractivity contribution in [1.29, 1.82) is 0 Å². The number of aromatic nitrogens is 4. The molecule has 0 fully saturated rings. The number of methoxy groups -OCH3 is 1. The Morgan fingerprint density at radius 1 is 1.12 bits per heavy atom. The van der Waals surface area contributed by atoms with E-state index in [4.69, 9.17) is 4.74 Å². The molecule has 2 aromatic heterocycles. The summed E-state index contributed by atoms with van der Waals surface area (Å²) in [6.45, 7) is 4.26. The van der Waals surface area contributed by atoms with Gasteiger partial charge in [-0.3, -0.25) is 14.2 Å². The van der Waals surface area contributed by atoms with Crippen LogP contribution in [0.5, 0.6) is 5.75 Å². The van der Waals surface area contributed by atoms with Gasteiger partial charge in [-0.05, 0) is 38.1 Å². The van der Waals surface area contributed by atoms with E-state index < -0.39 is 0 Å². The molecule has 4 aromatic rings. The lowest BCUT2D eigenvalue weighted by atomic mass is 10.2. The van der Waals surface area contributed by atoms with Crippen LogP contribution in [0, 0.1) is 6.92 Å². The normalized spacial score (nSPS) is 11.0. The molecule has 2 heterocycles. The second-order valence-corrected chi connectivity index (χ2v) is 7.39. The molecule has 0 atom stereocenters. The summed E-state index contributed by atoms with van der Waals surface area (Å²) in [6, 6.07) is 16.8. The van der Waals surface area contributed by atoms with Gasteiger partial charge >= 0.3 is 0 Å². The van der Waals surface area contributed by atoms with Crippen molar-refractivity contribution >= 4 is 22.8 Å². The van der Waals surface area contributed by atoms with E-state index in [0.717, 1.165) is 11.4 Å². The maximum Gasteiger partial charge on any atom is 0.273 e. The zero-order valence-electron chi connectivity index (χ0n) is 18.3. The molecule has 8 heteroatoms. The summed E-state index contributed by atoms with van der Waals surface area (Å²) in [4.78, 5) is 30.3. The fourth-order valence-corrected chi connectivity index (χ4v) is 3.68. The maximum absolute atomic E-state index is 13.2. The van der Waals surface area contributed by atoms with Crippen LogP contribution in [0.1, 0.15) is 24.7 Å². The average Bonchev–Trinajstić information content (AvgIpc) is 3.14. The molecule has 0 spiro atoms. The summed E-state index contributed by atoms with van der Waals surface area (Å²) in [7, 11) is 1.57. The van der Waals surface area contributed by atoms with Crippen molar-refractivity contribution in [2.24, 2.45) is 0 Å². The van der Waals surface area contributed by atoms with Gasteiger partial charge in [0.2, 0.25) is 5.91 Å². The molecule has 0 aliphatic carbocycles. The van der Waals surface area contributed by atoms with Crippen molar-refractivity contribution < 1.29 is 9.53 Å². The zero-order valence-corrected chi connectivity index (χ0v) is 18.3. The van der Waals surface area contributed by atoms with Gasteiger partial charge in [0, 0.05) is 31.1 Å². The minimum Gasteiger partial charge on any atom is -0.497 e. The van der Waals surface area contributed by atoms with Gasteiger partial charge in [0.05, 0.1) is 18.5 Å². The number of benzene rings is 2. The average molecular weight is 431 g/mol. The van der Waals surface area contributed by atoms with Crippen molar-refractivity contribution in [3.05, 3.63) is 76.3 Å². The number of amides is 1. The lowest BCUT2D eigenvalue weighted by Gasteiger charge is -2.11. The zero-order chi connectivity index (χ0) is 22.7. The molecule has 0 saturated carbocycles. The van der Waals surface area contributed by atoms with Gasteiger partial charge in [0.25, 0.3) is 5.56 Å². The first kappa shape index (κ1) is 21.3. The Balaban J connectivity index is 1.62. The molecule has 0 bridgehead atoms. The van der Waals surface area contributed by atoms with E-state index in [1.807, 2.05) is 44.2 Å². The highest BCUT2D eigenvalue weighted by atomic mass is 16.5. The number of carbonyl (C=O) groups excluding carboxylic acids is 1. The highest BCUT2D eigenvalue weighted by Gasteiger charge is 2.19. The summed E-state index contributed by atoms with van der Waals surface area (Å²) in [6.07, 6.45) is 0.376. The highest BCUT2D eigenvalue weighted by molar-refractivity contribution is 5.91. The van der Waals surface area contributed by atoms with Crippen LogP contribution in [0.3, 0.4) is 0 Å². The fraction of sp³-hybridized carbons (Fsp3) is 0.250. The molecule has 32 heavy (non-hydrogen) atoms. The molecule has 0 aliphatic heterocycles. The van der Waals surface area contributed by atoms with Crippen molar-refractivity contribution in [2.45, 2.75) is 33.2 Å². The van der Waals surface area contributed by atoms with Crippen molar-refractivity contribution in [1.82, 2.24) is 19.3 Å². The van der Waals surface area contributed by atoms with Crippen LogP contribution in [0.15, 0.2) is 59.4 Å². The predicted molar refractivity (Wildman–Crippen MR) is 123 cm³/mol. The van der Waals surface area contributed by atoms with Crippen LogP contribution in [0.2, 0.25) is 0 Å². The molecule has 164 valence electrons. The summed E-state index contributed by atoms with van der Waals surface area (Å²) in [5.41, 5.74) is 3.71. The summed E-state index contributed by atoms with van der Waals surface area (Å²) >= 11 is 0. The lowest BCUT2D eigenvalue weighted by molar-refractivity contribution is -0.116. The van der Waals surface area contributed by atoms with Gasteiger partial charge in [-0.2, -0.15) is 5.10 Å². The Morgan fingerprint density at radius 2 is 1.91 bits per heavy atom. The third kappa shape index (κ3) is 4.12. The first-order valence-corrected chi connectivity index (χ1v) is 10.5. The molecule has 1 N–H and O–H groups in total. The minimum atomic E-state index is -0.203. The van der Waals surface area contributed by atoms with Crippen LogP contribution in [-0.2, 0) is 17.8 Å². The number of hydrogen-bond donors (Lipinski definition) is 1. The Bertz CT molecular complexity index is 1320. The molecule has 0 saturated heterocycles. The van der Waals surface area contributed by atoms with Crippen molar-refractivity contribution in [2.75, 3.05) is 12.4 Å². The number of nitrogens with one attached hydrogen (secondary N) is 1. The number of anilines is 1. The largest absolute Gasteiger partial charge is 0.497 e. The minimum absolute atomic E-state index is 0.139. The van der Waals surface area contributed by atoms with Crippen molar-refractivity contribution in [3.63, 3.8) is 0 Å². The monoisotopic (exact) mass is 431 g/mol. The fourth-order valence-electron chi connectivity index (χ4n) is 3.68. The van der Waals surface area contributed by atoms with Crippen LogP contribution >= 0.6 is 0 Å². The quantitative estimate of drug-likeness (QED) is 0.484. The molecule has 0 aliphatic rings. The standard InChI is InChI=1S/C24H25N5O3/c1-4-28-23-22(16(2)27-29(23)18-10-6-5-7-11-18)26-20(24(28)31)13-14-21(30)25-17-9-8-12-19(15-17)32-3/h5-12,15H,4,13-14H2,1-3H3,(H,25,30). The molecular weight excluding hydrogens is 406 g/mol. The SMILES string of the molecule is CCn1c(=O)c(CCC(=O)Nc2cccc(OC)c2)nc2c(C)nn(-c3ccccc3)c21. The molecule has 2 aromatic carbocycles. The number of para-hydroxylation sites is 1. The number of ether oxygens (including phenoxy) is 1. The van der Waals surface area contributed by atoms with E-state index >= 15 is 0 Å². The number of fused-ring (bicyclic) bond motifs is 1. The van der Waals surface area contributed by atoms with Crippen molar-refractivity contribution in [3.8, 4) is 11.4 Å². The number of carbonyl (C=O) groups is 1. The second kappa shape index (κ2) is 9.05. The van der Waals surface area contributed by atoms with Gasteiger partial charge < -0.3 is 10.1 Å². The maximum atomic E-state index is 13.2. The number of aryl methyl sites for hydroxylation is 3. The molecule has 0 radical (unpaired) electrons. The van der Waals surface area contributed by atoms with Gasteiger partial charge in [-0.1, -0.05) is 24.3 Å². The third-order valence-corrected chi connectivity index (χ3v) is 5.26.